The van der Waals surface area contributed by atoms with Crippen LogP contribution in [0.2, 0.25) is 0 Å². The van der Waals surface area contributed by atoms with Crippen LogP contribution in [0.1, 0.15) is 26.6 Å². The number of esters is 1. The van der Waals surface area contributed by atoms with Crippen molar-refractivity contribution in [1.29, 1.82) is 0 Å². The van der Waals surface area contributed by atoms with Crippen LogP contribution < -0.4 is 9.47 Å². The average Bonchev–Trinajstić information content (AvgIpc) is 3.13. The summed E-state index contributed by atoms with van der Waals surface area (Å²) in [5.41, 5.74) is -0.318. The Morgan fingerprint density at radius 3 is 2.39 bits per heavy atom. The van der Waals surface area contributed by atoms with Crippen LogP contribution in [0.25, 0.3) is 5.69 Å². The summed E-state index contributed by atoms with van der Waals surface area (Å²) in [5.74, 6) is 0.898. The number of thioether (sulfide) groups is 1. The molecule has 3 aromatic rings. The van der Waals surface area contributed by atoms with Crippen LogP contribution in [0.4, 0.5) is 4.39 Å². The molecule has 0 aliphatic heterocycles. The molecule has 0 aliphatic rings. The third-order valence-corrected chi connectivity index (χ3v) is 4.86. The maximum atomic E-state index is 14.5. The molecule has 2 aromatic carbocycles. The Hall–Kier alpha value is -3.07. The molecule has 164 valence electrons. The number of halogens is 1. The SMILES string of the molecule is COc1ccc(OCc2nnc(SCC(=O)OC(C)(C)C)n2-c2ccccc2F)cc1. The van der Waals surface area contributed by atoms with Gasteiger partial charge in [0, 0.05) is 0 Å². The molecule has 9 heteroatoms. The molecule has 0 fully saturated rings. The molecule has 0 atom stereocenters. The van der Waals surface area contributed by atoms with E-state index < -0.39 is 17.4 Å². The Bertz CT molecular complexity index is 1030. The topological polar surface area (TPSA) is 75.5 Å². The van der Waals surface area contributed by atoms with Gasteiger partial charge in [-0.1, -0.05) is 23.9 Å². The molecule has 0 bridgehead atoms. The lowest BCUT2D eigenvalue weighted by atomic mass is 10.2. The standard InChI is InChI=1S/C22H24FN3O4S/c1-22(2,3)30-20(27)14-31-21-25-24-19(26(21)18-8-6-5-7-17(18)23)13-29-16-11-9-15(28-4)10-12-16/h5-12H,13-14H2,1-4H3. The van der Waals surface area contributed by atoms with Crippen LogP contribution in [-0.2, 0) is 16.1 Å². The van der Waals surface area contributed by atoms with Crippen LogP contribution in [0.15, 0.2) is 53.7 Å². The number of hydrogen-bond donors (Lipinski definition) is 0. The van der Waals surface area contributed by atoms with Crippen LogP contribution in [0.5, 0.6) is 11.5 Å². The van der Waals surface area contributed by atoms with Crippen LogP contribution in [-0.4, -0.2) is 39.2 Å². The van der Waals surface area contributed by atoms with Crippen molar-refractivity contribution in [3.8, 4) is 17.2 Å². The van der Waals surface area contributed by atoms with Gasteiger partial charge in [0.2, 0.25) is 0 Å². The second-order valence-corrected chi connectivity index (χ2v) is 8.47. The van der Waals surface area contributed by atoms with E-state index in [9.17, 15) is 9.18 Å². The van der Waals surface area contributed by atoms with E-state index in [4.69, 9.17) is 14.2 Å². The smallest absolute Gasteiger partial charge is 0.316 e. The fourth-order valence-electron chi connectivity index (χ4n) is 2.68. The largest absolute Gasteiger partial charge is 0.497 e. The van der Waals surface area contributed by atoms with Gasteiger partial charge in [0.05, 0.1) is 18.6 Å². The molecular weight excluding hydrogens is 421 g/mol. The zero-order chi connectivity index (χ0) is 22.4. The number of rotatable bonds is 8. The minimum atomic E-state index is -0.589. The summed E-state index contributed by atoms with van der Waals surface area (Å²) in [5, 5.41) is 8.67. The summed E-state index contributed by atoms with van der Waals surface area (Å²) in [6.07, 6.45) is 0. The summed E-state index contributed by atoms with van der Waals surface area (Å²) in [4.78, 5) is 12.1. The molecule has 0 saturated heterocycles. The van der Waals surface area contributed by atoms with Gasteiger partial charge in [-0.05, 0) is 57.2 Å². The Morgan fingerprint density at radius 2 is 1.74 bits per heavy atom. The highest BCUT2D eigenvalue weighted by atomic mass is 32.2. The fourth-order valence-corrected chi connectivity index (χ4v) is 3.41. The predicted molar refractivity (Wildman–Crippen MR) is 115 cm³/mol. The number of carbonyl (C=O) groups excluding carboxylic acids is 1. The number of ether oxygens (including phenoxy) is 3. The number of nitrogens with zero attached hydrogens (tertiary/aromatic N) is 3. The number of carbonyl (C=O) groups is 1. The summed E-state index contributed by atoms with van der Waals surface area (Å²) in [6.45, 7) is 5.45. The minimum Gasteiger partial charge on any atom is -0.497 e. The zero-order valence-corrected chi connectivity index (χ0v) is 18.6. The van der Waals surface area contributed by atoms with Gasteiger partial charge in [-0.25, -0.2) is 4.39 Å². The van der Waals surface area contributed by atoms with E-state index in [0.717, 1.165) is 11.8 Å². The lowest BCUT2D eigenvalue weighted by Crippen LogP contribution is -2.25. The highest BCUT2D eigenvalue weighted by Crippen LogP contribution is 2.26. The number of aromatic nitrogens is 3. The lowest BCUT2D eigenvalue weighted by molar-refractivity contribution is -0.151. The molecule has 0 spiro atoms. The van der Waals surface area contributed by atoms with E-state index in [1.165, 1.54) is 6.07 Å². The highest BCUT2D eigenvalue weighted by Gasteiger charge is 2.21. The second kappa shape index (κ2) is 9.82. The molecule has 3 rings (SSSR count). The van der Waals surface area contributed by atoms with Gasteiger partial charge in [-0.15, -0.1) is 10.2 Å². The molecule has 0 amide bonds. The first-order valence-electron chi connectivity index (χ1n) is 9.57. The number of para-hydroxylation sites is 1. The van der Waals surface area contributed by atoms with Crippen molar-refractivity contribution in [2.75, 3.05) is 12.9 Å². The first-order chi connectivity index (χ1) is 14.8. The van der Waals surface area contributed by atoms with Gasteiger partial charge in [0.25, 0.3) is 0 Å². The van der Waals surface area contributed by atoms with E-state index in [0.29, 0.717) is 22.5 Å². The van der Waals surface area contributed by atoms with E-state index in [1.54, 1.807) is 74.9 Å². The molecule has 0 N–H and O–H groups in total. The van der Waals surface area contributed by atoms with Gasteiger partial charge in [0.1, 0.15) is 29.5 Å². The van der Waals surface area contributed by atoms with E-state index in [2.05, 4.69) is 10.2 Å². The highest BCUT2D eigenvalue weighted by molar-refractivity contribution is 7.99. The van der Waals surface area contributed by atoms with Crippen molar-refractivity contribution in [2.45, 2.75) is 38.1 Å². The summed E-state index contributed by atoms with van der Waals surface area (Å²) in [6, 6.07) is 13.4. The molecule has 0 unspecified atom stereocenters. The van der Waals surface area contributed by atoms with Gasteiger partial charge < -0.3 is 14.2 Å². The summed E-state index contributed by atoms with van der Waals surface area (Å²) >= 11 is 1.12. The average molecular weight is 446 g/mol. The van der Waals surface area contributed by atoms with E-state index in [1.807, 2.05) is 0 Å². The first-order valence-corrected chi connectivity index (χ1v) is 10.6. The molecule has 7 nitrogen and oxygen atoms in total. The molecule has 0 radical (unpaired) electrons. The van der Waals surface area contributed by atoms with Crippen molar-refractivity contribution in [2.24, 2.45) is 0 Å². The third-order valence-electron chi connectivity index (χ3n) is 3.96. The van der Waals surface area contributed by atoms with Crippen LogP contribution >= 0.6 is 11.8 Å². The number of hydrogen-bond acceptors (Lipinski definition) is 7. The van der Waals surface area contributed by atoms with Gasteiger partial charge >= 0.3 is 5.97 Å². The van der Waals surface area contributed by atoms with E-state index in [-0.39, 0.29) is 18.0 Å². The fraction of sp³-hybridized carbons (Fsp3) is 0.318. The lowest BCUT2D eigenvalue weighted by Gasteiger charge is -2.19. The van der Waals surface area contributed by atoms with Crippen molar-refractivity contribution in [1.82, 2.24) is 14.8 Å². The number of benzene rings is 2. The van der Waals surface area contributed by atoms with Crippen LogP contribution in [0, 0.1) is 5.82 Å². The van der Waals surface area contributed by atoms with Gasteiger partial charge in [0.15, 0.2) is 11.0 Å². The van der Waals surface area contributed by atoms with E-state index >= 15 is 0 Å². The molecule has 1 aromatic heterocycles. The van der Waals surface area contributed by atoms with Crippen LogP contribution in [0.3, 0.4) is 0 Å². The quantitative estimate of drug-likeness (QED) is 0.375. The Labute approximate surface area is 184 Å². The van der Waals surface area contributed by atoms with Crippen molar-refractivity contribution in [3.63, 3.8) is 0 Å². The Balaban J connectivity index is 1.82. The predicted octanol–water partition coefficient (Wildman–Crippen LogP) is 4.43. The molecule has 31 heavy (non-hydrogen) atoms. The molecule has 1 heterocycles. The molecule has 0 saturated carbocycles. The Kier molecular flexibility index (Phi) is 7.17. The first kappa shape index (κ1) is 22.6. The maximum Gasteiger partial charge on any atom is 0.316 e. The molecular formula is C22H24FN3O4S. The monoisotopic (exact) mass is 445 g/mol. The molecule has 0 aliphatic carbocycles. The summed E-state index contributed by atoms with van der Waals surface area (Å²) < 4.78 is 32.4. The van der Waals surface area contributed by atoms with Gasteiger partial charge in [-0.2, -0.15) is 0 Å². The summed E-state index contributed by atoms with van der Waals surface area (Å²) in [7, 11) is 1.59. The van der Waals surface area contributed by atoms with Crippen molar-refractivity contribution >= 4 is 17.7 Å². The second-order valence-electron chi connectivity index (χ2n) is 7.52. The minimum absolute atomic E-state index is 0.0171. The normalized spacial score (nSPS) is 11.3. The Morgan fingerprint density at radius 1 is 1.06 bits per heavy atom. The van der Waals surface area contributed by atoms with Gasteiger partial charge in [-0.3, -0.25) is 9.36 Å². The van der Waals surface area contributed by atoms with Crippen molar-refractivity contribution in [3.05, 3.63) is 60.2 Å². The zero-order valence-electron chi connectivity index (χ0n) is 17.8. The van der Waals surface area contributed by atoms with Crippen molar-refractivity contribution < 1.29 is 23.4 Å². The number of methoxy groups -OCH3 is 1. The third kappa shape index (κ3) is 6.21. The maximum absolute atomic E-state index is 14.5.